The standard InChI is InChI=1S/C18H20FN5O/c1-24-8-2-3-12(10-24)21-18-14-6-7-20-16(14)17(22-23-18)13-5-4-11(19)9-15(13)25/h4-7,9,12,20,25H,2-3,8,10H2,1H3,(H,21,23)/t12-/m1/s1. The monoisotopic (exact) mass is 341 g/mol. The number of piperidine rings is 1. The van der Waals surface area contributed by atoms with Crippen molar-refractivity contribution in [3.63, 3.8) is 0 Å². The fraction of sp³-hybridized carbons (Fsp3) is 0.333. The number of likely N-dealkylation sites (N-methyl/N-ethyl adjacent to an activating group) is 1. The van der Waals surface area contributed by atoms with Gasteiger partial charge in [0.15, 0.2) is 5.82 Å². The van der Waals surface area contributed by atoms with Crippen LogP contribution >= 0.6 is 0 Å². The number of aromatic nitrogens is 3. The second-order valence-electron chi connectivity index (χ2n) is 6.57. The Morgan fingerprint density at radius 1 is 1.32 bits per heavy atom. The summed E-state index contributed by atoms with van der Waals surface area (Å²) in [6, 6.07) is 6.16. The van der Waals surface area contributed by atoms with E-state index in [1.54, 1.807) is 0 Å². The highest BCUT2D eigenvalue weighted by atomic mass is 19.1. The summed E-state index contributed by atoms with van der Waals surface area (Å²) in [5, 5.41) is 23.1. The number of hydrogen-bond donors (Lipinski definition) is 3. The van der Waals surface area contributed by atoms with Crippen molar-refractivity contribution in [1.29, 1.82) is 0 Å². The Morgan fingerprint density at radius 3 is 3.00 bits per heavy atom. The third-order valence-corrected chi connectivity index (χ3v) is 4.67. The predicted octanol–water partition coefficient (Wildman–Crippen LogP) is 2.98. The average Bonchev–Trinajstić information content (AvgIpc) is 3.06. The van der Waals surface area contributed by atoms with Crippen molar-refractivity contribution < 1.29 is 9.50 Å². The molecule has 1 aliphatic rings. The van der Waals surface area contributed by atoms with E-state index in [9.17, 15) is 9.50 Å². The molecule has 0 saturated carbocycles. The molecule has 3 heterocycles. The van der Waals surface area contributed by atoms with Crippen LogP contribution in [0.2, 0.25) is 0 Å². The van der Waals surface area contributed by atoms with E-state index < -0.39 is 5.82 Å². The van der Waals surface area contributed by atoms with E-state index in [1.807, 2.05) is 12.3 Å². The number of nitrogens with zero attached hydrogens (tertiary/aromatic N) is 3. The van der Waals surface area contributed by atoms with E-state index in [4.69, 9.17) is 0 Å². The number of anilines is 1. The van der Waals surface area contributed by atoms with Crippen molar-refractivity contribution in [3.8, 4) is 17.0 Å². The van der Waals surface area contributed by atoms with Crippen LogP contribution in [0.1, 0.15) is 12.8 Å². The topological polar surface area (TPSA) is 77.1 Å². The highest BCUT2D eigenvalue weighted by Gasteiger charge is 2.20. The van der Waals surface area contributed by atoms with Gasteiger partial charge in [-0.15, -0.1) is 10.2 Å². The van der Waals surface area contributed by atoms with Crippen molar-refractivity contribution in [1.82, 2.24) is 20.1 Å². The fourth-order valence-electron chi connectivity index (χ4n) is 3.44. The van der Waals surface area contributed by atoms with E-state index >= 15 is 0 Å². The fourth-order valence-corrected chi connectivity index (χ4v) is 3.44. The average molecular weight is 341 g/mol. The quantitative estimate of drug-likeness (QED) is 0.683. The number of nitrogens with one attached hydrogen (secondary N) is 2. The van der Waals surface area contributed by atoms with E-state index in [1.165, 1.54) is 12.1 Å². The minimum absolute atomic E-state index is 0.153. The number of fused-ring (bicyclic) bond motifs is 1. The SMILES string of the molecule is CN1CCC[C@@H](Nc2nnc(-c3ccc(F)cc3O)c3[nH]ccc23)C1. The molecule has 130 valence electrons. The maximum atomic E-state index is 13.3. The van der Waals surface area contributed by atoms with Crippen LogP contribution < -0.4 is 5.32 Å². The molecule has 4 rings (SSSR count). The lowest BCUT2D eigenvalue weighted by molar-refractivity contribution is 0.261. The van der Waals surface area contributed by atoms with Gasteiger partial charge in [0.2, 0.25) is 0 Å². The Labute approximate surface area is 144 Å². The van der Waals surface area contributed by atoms with Crippen LogP contribution in [0.15, 0.2) is 30.5 Å². The summed E-state index contributed by atoms with van der Waals surface area (Å²) < 4.78 is 13.3. The van der Waals surface area contributed by atoms with Gasteiger partial charge < -0.3 is 20.3 Å². The zero-order chi connectivity index (χ0) is 17.4. The third kappa shape index (κ3) is 3.02. The van der Waals surface area contributed by atoms with Crippen LogP contribution in [0.3, 0.4) is 0 Å². The largest absolute Gasteiger partial charge is 0.507 e. The Bertz CT molecular complexity index is 910. The molecule has 25 heavy (non-hydrogen) atoms. The van der Waals surface area contributed by atoms with Crippen LogP contribution in [0.4, 0.5) is 10.2 Å². The molecule has 7 heteroatoms. The van der Waals surface area contributed by atoms with Gasteiger partial charge in [-0.25, -0.2) is 4.39 Å². The molecule has 0 spiro atoms. The number of hydrogen-bond acceptors (Lipinski definition) is 5. The summed E-state index contributed by atoms with van der Waals surface area (Å²) in [5.41, 5.74) is 1.72. The van der Waals surface area contributed by atoms with Crippen molar-refractivity contribution in [3.05, 3.63) is 36.3 Å². The molecule has 2 aromatic heterocycles. The number of rotatable bonds is 3. The van der Waals surface area contributed by atoms with Crippen LogP contribution in [0.5, 0.6) is 5.75 Å². The first-order valence-electron chi connectivity index (χ1n) is 8.39. The van der Waals surface area contributed by atoms with Crippen molar-refractivity contribution in [2.24, 2.45) is 0 Å². The van der Waals surface area contributed by atoms with Crippen LogP contribution in [-0.2, 0) is 0 Å². The molecule has 0 amide bonds. The molecule has 1 fully saturated rings. The second kappa shape index (κ2) is 6.33. The van der Waals surface area contributed by atoms with E-state index in [0.29, 0.717) is 17.3 Å². The van der Waals surface area contributed by atoms with E-state index in [2.05, 4.69) is 32.4 Å². The number of likely N-dealkylation sites (tertiary alicyclic amines) is 1. The van der Waals surface area contributed by atoms with Gasteiger partial charge in [-0.05, 0) is 44.6 Å². The minimum Gasteiger partial charge on any atom is -0.507 e. The summed E-state index contributed by atoms with van der Waals surface area (Å²) in [5.74, 6) is 0.0818. The molecule has 1 atom stereocenters. The Kier molecular flexibility index (Phi) is 4.01. The summed E-state index contributed by atoms with van der Waals surface area (Å²) >= 11 is 0. The lowest BCUT2D eigenvalue weighted by Crippen LogP contribution is -2.40. The van der Waals surface area contributed by atoms with Gasteiger partial charge in [0.05, 0.1) is 5.52 Å². The van der Waals surface area contributed by atoms with Crippen LogP contribution in [0.25, 0.3) is 22.2 Å². The molecule has 3 N–H and O–H groups in total. The lowest BCUT2D eigenvalue weighted by atomic mass is 10.1. The number of phenols is 1. The maximum absolute atomic E-state index is 13.3. The van der Waals surface area contributed by atoms with Crippen molar-refractivity contribution in [2.75, 3.05) is 25.5 Å². The zero-order valence-electron chi connectivity index (χ0n) is 14.0. The highest BCUT2D eigenvalue weighted by molar-refractivity contribution is 5.98. The number of phenolic OH excluding ortho intramolecular Hbond substituents is 1. The molecule has 1 aliphatic heterocycles. The normalized spacial score (nSPS) is 18.6. The van der Waals surface area contributed by atoms with Crippen LogP contribution in [0, 0.1) is 5.82 Å². The van der Waals surface area contributed by atoms with Crippen molar-refractivity contribution >= 4 is 16.7 Å². The van der Waals surface area contributed by atoms with E-state index in [0.717, 1.165) is 48.7 Å². The maximum Gasteiger partial charge on any atom is 0.158 e. The van der Waals surface area contributed by atoms with Crippen molar-refractivity contribution in [2.45, 2.75) is 18.9 Å². The molecule has 0 unspecified atom stereocenters. The summed E-state index contributed by atoms with van der Waals surface area (Å²) in [7, 11) is 2.12. The zero-order valence-corrected chi connectivity index (χ0v) is 14.0. The van der Waals surface area contributed by atoms with Gasteiger partial charge in [0.1, 0.15) is 17.3 Å². The van der Waals surface area contributed by atoms with Gasteiger partial charge in [-0.2, -0.15) is 0 Å². The Balaban J connectivity index is 1.71. The third-order valence-electron chi connectivity index (χ3n) is 4.67. The Morgan fingerprint density at radius 2 is 2.20 bits per heavy atom. The number of aromatic hydroxyl groups is 1. The molecule has 0 bridgehead atoms. The predicted molar refractivity (Wildman–Crippen MR) is 95.1 cm³/mol. The molecule has 1 aromatic carbocycles. The molecule has 0 aliphatic carbocycles. The number of aromatic amines is 1. The van der Waals surface area contributed by atoms with Gasteiger partial charge in [0, 0.05) is 35.8 Å². The van der Waals surface area contributed by atoms with Crippen LogP contribution in [-0.4, -0.2) is 51.4 Å². The molecule has 1 saturated heterocycles. The van der Waals surface area contributed by atoms with Gasteiger partial charge in [0.25, 0.3) is 0 Å². The van der Waals surface area contributed by atoms with Gasteiger partial charge in [-0.1, -0.05) is 0 Å². The minimum atomic E-state index is -0.489. The second-order valence-corrected chi connectivity index (χ2v) is 6.57. The molecule has 6 nitrogen and oxygen atoms in total. The number of halogens is 1. The van der Waals surface area contributed by atoms with Gasteiger partial charge >= 0.3 is 0 Å². The number of benzene rings is 1. The summed E-state index contributed by atoms with van der Waals surface area (Å²) in [6.07, 6.45) is 4.06. The summed E-state index contributed by atoms with van der Waals surface area (Å²) in [6.45, 7) is 2.08. The first-order chi connectivity index (χ1) is 12.1. The first kappa shape index (κ1) is 15.8. The van der Waals surface area contributed by atoms with E-state index in [-0.39, 0.29) is 5.75 Å². The molecular formula is C18H20FN5O. The number of H-pyrrole nitrogens is 1. The highest BCUT2D eigenvalue weighted by Crippen LogP contribution is 2.34. The molecule has 0 radical (unpaired) electrons. The lowest BCUT2D eigenvalue weighted by Gasteiger charge is -2.30. The summed E-state index contributed by atoms with van der Waals surface area (Å²) in [4.78, 5) is 5.46. The molecular weight excluding hydrogens is 321 g/mol. The Hall–Kier alpha value is -2.67. The smallest absolute Gasteiger partial charge is 0.158 e. The van der Waals surface area contributed by atoms with Gasteiger partial charge in [-0.3, -0.25) is 0 Å². The first-order valence-corrected chi connectivity index (χ1v) is 8.39. The molecule has 3 aromatic rings.